The van der Waals surface area contributed by atoms with Gasteiger partial charge < -0.3 is 42.6 Å². The van der Waals surface area contributed by atoms with Crippen LogP contribution < -0.4 is 0 Å². The van der Waals surface area contributed by atoms with Crippen molar-refractivity contribution in [1.29, 1.82) is 0 Å². The zero-order chi connectivity index (χ0) is 42.9. The van der Waals surface area contributed by atoms with Crippen molar-refractivity contribution in [1.82, 2.24) is 0 Å². The fraction of sp³-hybridized carbons (Fsp3) is 0.333. The van der Waals surface area contributed by atoms with Crippen LogP contribution >= 0.6 is 0 Å². The van der Waals surface area contributed by atoms with E-state index in [1.165, 1.54) is 0 Å². The zero-order valence-corrected chi connectivity index (χ0v) is 35.8. The zero-order valence-electron chi connectivity index (χ0n) is 35.8. The fourth-order valence-corrected chi connectivity index (χ4v) is 8.03. The lowest BCUT2D eigenvalue weighted by Gasteiger charge is -2.48. The molecule has 9 atom stereocenters. The molecule has 9 heteroatoms. The van der Waals surface area contributed by atoms with E-state index < -0.39 is 49.0 Å². The number of hydrogen-bond donors (Lipinski definition) is 0. The van der Waals surface area contributed by atoms with Crippen molar-refractivity contribution in [3.8, 4) is 0 Å². The van der Waals surface area contributed by atoms with E-state index in [2.05, 4.69) is 48.5 Å². The summed E-state index contributed by atoms with van der Waals surface area (Å²) >= 11 is 0. The van der Waals surface area contributed by atoms with Crippen molar-refractivity contribution in [3.63, 3.8) is 0 Å². The number of hydrogen-bond acceptors (Lipinski definition) is 9. The van der Waals surface area contributed by atoms with E-state index in [0.29, 0.717) is 33.0 Å². The molecule has 0 aromatic heterocycles. The minimum atomic E-state index is -0.948. The van der Waals surface area contributed by atoms with Gasteiger partial charge in [0, 0.05) is 0 Å². The van der Waals surface area contributed by atoms with E-state index in [9.17, 15) is 0 Å². The molecule has 2 aliphatic heterocycles. The summed E-state index contributed by atoms with van der Waals surface area (Å²) in [7, 11) is 0. The Morgan fingerprint density at radius 2 is 0.746 bits per heavy atom. The lowest BCUT2D eigenvalue weighted by molar-refractivity contribution is -0.353. The molecule has 0 amide bonds. The molecule has 63 heavy (non-hydrogen) atoms. The molecule has 9 nitrogen and oxygen atoms in total. The summed E-state index contributed by atoms with van der Waals surface area (Å²) < 4.78 is 61.5. The SMILES string of the molecule is C[C@@H]1OC[C@@H](OC2O[C@@H](COCc3ccccc3)[C@@H](OCc3ccccc3)[C@@H](OCc3ccccc3)[C@H]2OCc2ccccc2)[C@H](OCc2ccccc2)[C@H]1OCc1ccccc1. The molecule has 0 spiro atoms. The maximum Gasteiger partial charge on any atom is 0.187 e. The summed E-state index contributed by atoms with van der Waals surface area (Å²) in [5.74, 6) is 0. The summed E-state index contributed by atoms with van der Waals surface area (Å²) in [6.07, 6.45) is -5.45. The van der Waals surface area contributed by atoms with Gasteiger partial charge in [-0.1, -0.05) is 182 Å². The summed E-state index contributed by atoms with van der Waals surface area (Å²) in [5.41, 5.74) is 6.19. The monoisotopic (exact) mass is 850 g/mol. The number of ether oxygens (including phenoxy) is 9. The molecule has 0 radical (unpaired) electrons. The highest BCUT2D eigenvalue weighted by Crippen LogP contribution is 2.35. The van der Waals surface area contributed by atoms with E-state index in [1.807, 2.05) is 140 Å². The molecule has 2 aliphatic rings. The van der Waals surface area contributed by atoms with E-state index in [-0.39, 0.29) is 25.9 Å². The maximum absolute atomic E-state index is 7.18. The Morgan fingerprint density at radius 3 is 1.17 bits per heavy atom. The minimum Gasteiger partial charge on any atom is -0.374 e. The molecule has 6 aromatic carbocycles. The highest BCUT2D eigenvalue weighted by atomic mass is 16.7. The summed E-state index contributed by atoms with van der Waals surface area (Å²) in [5, 5.41) is 0. The predicted octanol–water partition coefficient (Wildman–Crippen LogP) is 9.66. The lowest BCUT2D eigenvalue weighted by Crippen LogP contribution is -2.64. The first-order chi connectivity index (χ1) is 31.2. The van der Waals surface area contributed by atoms with Gasteiger partial charge in [0.15, 0.2) is 6.29 Å². The molecule has 2 saturated heterocycles. The molecular formula is C54H58O9. The largest absolute Gasteiger partial charge is 0.374 e. The average molecular weight is 851 g/mol. The van der Waals surface area contributed by atoms with Gasteiger partial charge in [-0.3, -0.25) is 0 Å². The van der Waals surface area contributed by atoms with Gasteiger partial charge in [-0.15, -0.1) is 0 Å². The molecule has 6 aromatic rings. The fourth-order valence-electron chi connectivity index (χ4n) is 8.03. The second-order valence-corrected chi connectivity index (χ2v) is 16.1. The Bertz CT molecular complexity index is 2150. The van der Waals surface area contributed by atoms with Gasteiger partial charge >= 0.3 is 0 Å². The smallest absolute Gasteiger partial charge is 0.187 e. The highest BCUT2D eigenvalue weighted by Gasteiger charge is 2.52. The third-order valence-corrected chi connectivity index (χ3v) is 11.4. The first-order valence-electron chi connectivity index (χ1n) is 22.0. The van der Waals surface area contributed by atoms with Crippen LogP contribution in [-0.4, -0.2) is 68.3 Å². The van der Waals surface area contributed by atoms with Crippen LogP contribution in [0, 0.1) is 0 Å². The third kappa shape index (κ3) is 13.0. The lowest BCUT2D eigenvalue weighted by atomic mass is 9.96. The van der Waals surface area contributed by atoms with Gasteiger partial charge in [0.2, 0.25) is 0 Å². The van der Waals surface area contributed by atoms with Crippen LogP contribution in [0.25, 0.3) is 0 Å². The highest BCUT2D eigenvalue weighted by molar-refractivity contribution is 5.18. The molecule has 2 fully saturated rings. The van der Waals surface area contributed by atoms with Gasteiger partial charge in [-0.25, -0.2) is 0 Å². The van der Waals surface area contributed by atoms with E-state index in [0.717, 1.165) is 33.4 Å². The first-order valence-corrected chi connectivity index (χ1v) is 22.0. The van der Waals surface area contributed by atoms with Crippen molar-refractivity contribution in [2.24, 2.45) is 0 Å². The Balaban J connectivity index is 1.13. The molecule has 1 unspecified atom stereocenters. The molecule has 0 aliphatic carbocycles. The Kier molecular flexibility index (Phi) is 16.7. The standard InChI is InChI=1S/C54H58O9/c1-40-49(57-33-42-22-10-3-11-23-42)50(58-34-43-24-12-4-13-25-43)48(39-56-40)63-54-53(61-37-46-30-18-7-19-31-46)52(60-36-45-28-16-6-17-29-45)51(59-35-44-26-14-5-15-27-44)47(62-54)38-55-32-41-20-8-2-9-21-41/h2-31,40,47-54H,32-39H2,1H3/t40-,47-,48+,49-,50-,51+,52+,53+,54?/m0/s1. The summed E-state index contributed by atoms with van der Waals surface area (Å²) in [4.78, 5) is 0. The van der Waals surface area contributed by atoms with Gasteiger partial charge in [0.25, 0.3) is 0 Å². The van der Waals surface area contributed by atoms with E-state index in [4.69, 9.17) is 42.6 Å². The van der Waals surface area contributed by atoms with Crippen molar-refractivity contribution in [2.75, 3.05) is 13.2 Å². The maximum atomic E-state index is 7.18. The third-order valence-electron chi connectivity index (χ3n) is 11.4. The van der Waals surface area contributed by atoms with Crippen LogP contribution in [0.5, 0.6) is 0 Å². The Labute approximate surface area is 371 Å². The van der Waals surface area contributed by atoms with Crippen molar-refractivity contribution < 1.29 is 42.6 Å². The first kappa shape index (κ1) is 44.6. The summed E-state index contributed by atoms with van der Waals surface area (Å²) in [6.45, 7) is 4.55. The average Bonchev–Trinajstić information content (AvgIpc) is 3.34. The Hall–Kier alpha value is -5.04. The van der Waals surface area contributed by atoms with Crippen LogP contribution in [0.2, 0.25) is 0 Å². The van der Waals surface area contributed by atoms with Crippen LogP contribution in [-0.2, 0) is 82.3 Å². The molecule has 328 valence electrons. The van der Waals surface area contributed by atoms with Gasteiger partial charge in [-0.2, -0.15) is 0 Å². The summed E-state index contributed by atoms with van der Waals surface area (Å²) in [6, 6.07) is 60.7. The molecular weight excluding hydrogens is 793 g/mol. The van der Waals surface area contributed by atoms with Crippen molar-refractivity contribution >= 4 is 0 Å². The second-order valence-electron chi connectivity index (χ2n) is 16.1. The van der Waals surface area contributed by atoms with E-state index >= 15 is 0 Å². The van der Waals surface area contributed by atoms with Gasteiger partial charge in [0.05, 0.1) is 59.0 Å². The van der Waals surface area contributed by atoms with Gasteiger partial charge in [0.1, 0.15) is 42.7 Å². The van der Waals surface area contributed by atoms with Crippen LogP contribution in [0.1, 0.15) is 40.3 Å². The van der Waals surface area contributed by atoms with Crippen LogP contribution in [0.15, 0.2) is 182 Å². The van der Waals surface area contributed by atoms with Crippen LogP contribution in [0.3, 0.4) is 0 Å². The second kappa shape index (κ2) is 23.6. The number of benzene rings is 6. The predicted molar refractivity (Wildman–Crippen MR) is 240 cm³/mol. The molecule has 8 rings (SSSR count). The van der Waals surface area contributed by atoms with Crippen molar-refractivity contribution in [2.45, 2.75) is 102 Å². The minimum absolute atomic E-state index is 0.208. The molecule has 0 bridgehead atoms. The molecule has 0 N–H and O–H groups in total. The van der Waals surface area contributed by atoms with Crippen molar-refractivity contribution in [3.05, 3.63) is 215 Å². The van der Waals surface area contributed by atoms with E-state index in [1.54, 1.807) is 0 Å². The van der Waals surface area contributed by atoms with Crippen LogP contribution in [0.4, 0.5) is 0 Å². The topological polar surface area (TPSA) is 83.1 Å². The van der Waals surface area contributed by atoms with Gasteiger partial charge in [-0.05, 0) is 40.3 Å². The molecule has 0 saturated carbocycles. The Morgan fingerprint density at radius 1 is 0.397 bits per heavy atom. The molecule has 2 heterocycles. The number of rotatable bonds is 21. The normalized spacial score (nSPS) is 24.8. The quantitative estimate of drug-likeness (QED) is 0.0704.